The first-order chi connectivity index (χ1) is 9.19. The molecule has 1 aromatic rings. The number of aromatic nitrogens is 2. The molecular weight excluding hydrogens is 240 g/mol. The fourth-order valence-electron chi connectivity index (χ4n) is 2.65. The predicted octanol–water partition coefficient (Wildman–Crippen LogP) is 3.55. The molecule has 0 radical (unpaired) electrons. The van der Waals surface area contributed by atoms with Crippen LogP contribution in [0.5, 0.6) is 5.75 Å². The topological polar surface area (TPSA) is 47.3 Å². The summed E-state index contributed by atoms with van der Waals surface area (Å²) in [4.78, 5) is 0. The maximum Gasteiger partial charge on any atom is 0.162 e. The summed E-state index contributed by atoms with van der Waals surface area (Å²) in [5, 5.41) is 15.0. The molecule has 0 aliphatic rings. The molecule has 0 bridgehead atoms. The first-order valence-corrected chi connectivity index (χ1v) is 7.47. The second kappa shape index (κ2) is 8.20. The zero-order valence-corrected chi connectivity index (χ0v) is 12.7. The van der Waals surface area contributed by atoms with Gasteiger partial charge in [0.1, 0.15) is 11.8 Å². The van der Waals surface area contributed by atoms with Gasteiger partial charge in [-0.05, 0) is 25.2 Å². The van der Waals surface area contributed by atoms with Gasteiger partial charge < -0.3 is 9.84 Å². The van der Waals surface area contributed by atoms with Crippen molar-refractivity contribution < 1.29 is 9.84 Å². The minimum Gasteiger partial charge on any atom is -0.493 e. The van der Waals surface area contributed by atoms with Gasteiger partial charge in [-0.2, -0.15) is 5.10 Å². The summed E-state index contributed by atoms with van der Waals surface area (Å²) < 4.78 is 7.25. The molecule has 0 fully saturated rings. The Morgan fingerprint density at radius 2 is 1.84 bits per heavy atom. The Morgan fingerprint density at radius 1 is 1.21 bits per heavy atom. The summed E-state index contributed by atoms with van der Waals surface area (Å²) in [6, 6.07) is 0. The van der Waals surface area contributed by atoms with Gasteiger partial charge in [0, 0.05) is 6.54 Å². The fourth-order valence-corrected chi connectivity index (χ4v) is 2.65. The Morgan fingerprint density at radius 3 is 2.32 bits per heavy atom. The summed E-state index contributed by atoms with van der Waals surface area (Å²) in [5.74, 6) is 0.995. The summed E-state index contributed by atoms with van der Waals surface area (Å²) in [7, 11) is 1.64. The number of rotatable bonds is 9. The largest absolute Gasteiger partial charge is 0.493 e. The van der Waals surface area contributed by atoms with Gasteiger partial charge in [-0.1, -0.05) is 33.6 Å². The molecule has 1 rings (SSSR count). The van der Waals surface area contributed by atoms with Crippen LogP contribution in [0, 0.1) is 5.92 Å². The van der Waals surface area contributed by atoms with Crippen LogP contribution in [0.4, 0.5) is 0 Å². The smallest absolute Gasteiger partial charge is 0.162 e. The highest BCUT2D eigenvalue weighted by molar-refractivity contribution is 5.27. The number of aliphatic hydroxyl groups is 1. The monoisotopic (exact) mass is 268 g/mol. The Bertz CT molecular complexity index is 357. The van der Waals surface area contributed by atoms with E-state index in [0.717, 1.165) is 44.3 Å². The lowest BCUT2D eigenvalue weighted by atomic mass is 9.90. The third kappa shape index (κ3) is 3.96. The second-order valence-corrected chi connectivity index (χ2v) is 5.10. The summed E-state index contributed by atoms with van der Waals surface area (Å²) in [6.07, 6.45) is 6.48. The van der Waals surface area contributed by atoms with Crippen LogP contribution in [-0.4, -0.2) is 22.0 Å². The summed E-state index contributed by atoms with van der Waals surface area (Å²) >= 11 is 0. The van der Waals surface area contributed by atoms with E-state index in [-0.39, 0.29) is 5.92 Å². The summed E-state index contributed by atoms with van der Waals surface area (Å²) in [5.41, 5.74) is 0.844. The first kappa shape index (κ1) is 16.0. The molecule has 1 unspecified atom stereocenters. The van der Waals surface area contributed by atoms with Crippen LogP contribution in [0.15, 0.2) is 6.20 Å². The Balaban J connectivity index is 2.99. The molecule has 1 N–H and O–H groups in total. The van der Waals surface area contributed by atoms with Crippen molar-refractivity contribution in [2.24, 2.45) is 5.92 Å². The Labute approximate surface area is 116 Å². The van der Waals surface area contributed by atoms with Gasteiger partial charge in [0.2, 0.25) is 0 Å². The van der Waals surface area contributed by atoms with Crippen molar-refractivity contribution in [3.05, 3.63) is 11.9 Å². The minimum atomic E-state index is -0.483. The molecule has 0 amide bonds. The minimum absolute atomic E-state index is 0.288. The number of aliphatic hydroxyl groups excluding tert-OH is 1. The standard InChI is InChI=1S/C15H28N2O2/c1-5-8-12(9-6-2)15(18)14-13(19-4)11-16-17(14)10-7-3/h11-12,15,18H,5-10H2,1-4H3. The van der Waals surface area contributed by atoms with Gasteiger partial charge in [0.25, 0.3) is 0 Å². The van der Waals surface area contributed by atoms with E-state index in [1.807, 2.05) is 4.68 Å². The van der Waals surface area contributed by atoms with E-state index < -0.39 is 6.10 Å². The van der Waals surface area contributed by atoms with Crippen LogP contribution >= 0.6 is 0 Å². The lowest BCUT2D eigenvalue weighted by molar-refractivity contribution is 0.0849. The Hall–Kier alpha value is -1.03. The third-order valence-electron chi connectivity index (χ3n) is 3.55. The van der Waals surface area contributed by atoms with Crippen molar-refractivity contribution in [1.82, 2.24) is 9.78 Å². The number of aryl methyl sites for hydroxylation is 1. The molecule has 19 heavy (non-hydrogen) atoms. The van der Waals surface area contributed by atoms with Crippen molar-refractivity contribution in [2.45, 2.75) is 65.5 Å². The quantitative estimate of drug-likeness (QED) is 0.745. The number of hydrogen-bond acceptors (Lipinski definition) is 3. The number of methoxy groups -OCH3 is 1. The molecule has 110 valence electrons. The van der Waals surface area contributed by atoms with Crippen LogP contribution in [0.3, 0.4) is 0 Å². The van der Waals surface area contributed by atoms with Crippen LogP contribution in [0.25, 0.3) is 0 Å². The highest BCUT2D eigenvalue weighted by Crippen LogP contribution is 2.34. The second-order valence-electron chi connectivity index (χ2n) is 5.10. The zero-order valence-electron chi connectivity index (χ0n) is 12.7. The van der Waals surface area contributed by atoms with Gasteiger partial charge in [0.05, 0.1) is 13.3 Å². The van der Waals surface area contributed by atoms with Crippen molar-refractivity contribution in [3.63, 3.8) is 0 Å². The molecule has 0 aromatic carbocycles. The van der Waals surface area contributed by atoms with Gasteiger partial charge in [0.15, 0.2) is 5.75 Å². The predicted molar refractivity (Wildman–Crippen MR) is 77.3 cm³/mol. The van der Waals surface area contributed by atoms with Crippen molar-refractivity contribution in [2.75, 3.05) is 7.11 Å². The maximum atomic E-state index is 10.7. The van der Waals surface area contributed by atoms with E-state index in [1.54, 1.807) is 13.3 Å². The van der Waals surface area contributed by atoms with Gasteiger partial charge in [-0.15, -0.1) is 0 Å². The number of nitrogens with zero attached hydrogens (tertiary/aromatic N) is 2. The highest BCUT2D eigenvalue weighted by atomic mass is 16.5. The van der Waals surface area contributed by atoms with Crippen molar-refractivity contribution in [1.29, 1.82) is 0 Å². The molecule has 0 aliphatic heterocycles. The van der Waals surface area contributed by atoms with Crippen molar-refractivity contribution >= 4 is 0 Å². The fraction of sp³-hybridized carbons (Fsp3) is 0.800. The van der Waals surface area contributed by atoms with Crippen LogP contribution in [-0.2, 0) is 6.54 Å². The molecule has 4 heteroatoms. The molecule has 0 aliphatic carbocycles. The normalized spacial score (nSPS) is 12.9. The molecule has 1 aromatic heterocycles. The van der Waals surface area contributed by atoms with E-state index in [4.69, 9.17) is 4.74 Å². The van der Waals surface area contributed by atoms with E-state index in [2.05, 4.69) is 25.9 Å². The van der Waals surface area contributed by atoms with E-state index >= 15 is 0 Å². The van der Waals surface area contributed by atoms with E-state index in [9.17, 15) is 5.11 Å². The van der Waals surface area contributed by atoms with Gasteiger partial charge in [-0.3, -0.25) is 4.68 Å². The van der Waals surface area contributed by atoms with Crippen LogP contribution < -0.4 is 4.74 Å². The van der Waals surface area contributed by atoms with E-state index in [0.29, 0.717) is 5.75 Å². The van der Waals surface area contributed by atoms with Gasteiger partial charge in [-0.25, -0.2) is 0 Å². The SMILES string of the molecule is CCCC(CCC)C(O)c1c(OC)cnn1CCC. The van der Waals surface area contributed by atoms with E-state index in [1.165, 1.54) is 0 Å². The average molecular weight is 268 g/mol. The number of hydrogen-bond donors (Lipinski definition) is 1. The molecule has 1 atom stereocenters. The number of ether oxygens (including phenoxy) is 1. The van der Waals surface area contributed by atoms with Crippen molar-refractivity contribution in [3.8, 4) is 5.75 Å². The summed E-state index contributed by atoms with van der Waals surface area (Å²) in [6.45, 7) is 7.26. The Kier molecular flexibility index (Phi) is 6.92. The van der Waals surface area contributed by atoms with Crippen LogP contribution in [0.1, 0.15) is 64.7 Å². The zero-order chi connectivity index (χ0) is 14.3. The average Bonchev–Trinajstić information content (AvgIpc) is 2.81. The molecule has 0 spiro atoms. The molecular formula is C15H28N2O2. The lowest BCUT2D eigenvalue weighted by Crippen LogP contribution is -2.18. The molecule has 0 saturated carbocycles. The molecule has 0 saturated heterocycles. The molecule has 1 heterocycles. The van der Waals surface area contributed by atoms with Gasteiger partial charge >= 0.3 is 0 Å². The highest BCUT2D eigenvalue weighted by Gasteiger charge is 2.26. The first-order valence-electron chi connectivity index (χ1n) is 7.47. The third-order valence-corrected chi connectivity index (χ3v) is 3.55. The molecule has 4 nitrogen and oxygen atoms in total. The maximum absolute atomic E-state index is 10.7. The van der Waals surface area contributed by atoms with Crippen LogP contribution in [0.2, 0.25) is 0 Å². The lowest BCUT2D eigenvalue weighted by Gasteiger charge is -2.23.